The van der Waals surface area contributed by atoms with Crippen LogP contribution in [-0.2, 0) is 4.79 Å². The topological polar surface area (TPSA) is 49.4 Å². The van der Waals surface area contributed by atoms with Gasteiger partial charge in [0.25, 0.3) is 5.91 Å². The first-order valence-electron chi connectivity index (χ1n) is 11.0. The van der Waals surface area contributed by atoms with Crippen LogP contribution < -0.4 is 5.32 Å². The van der Waals surface area contributed by atoms with Crippen LogP contribution in [-0.4, -0.2) is 22.8 Å². The Bertz CT molecular complexity index is 1080. The molecule has 0 bridgehead atoms. The van der Waals surface area contributed by atoms with Gasteiger partial charge in [0.05, 0.1) is 12.0 Å². The molecule has 1 aromatic heterocycles. The molecule has 0 spiro atoms. The molecule has 1 N–H and O–H groups in total. The van der Waals surface area contributed by atoms with Gasteiger partial charge in [0, 0.05) is 22.2 Å². The summed E-state index contributed by atoms with van der Waals surface area (Å²) in [5.74, 6) is -0.458. The summed E-state index contributed by atoms with van der Waals surface area (Å²) < 4.78 is 0. The van der Waals surface area contributed by atoms with Crippen LogP contribution in [0.5, 0.6) is 0 Å². The van der Waals surface area contributed by atoms with Crippen LogP contribution in [0, 0.1) is 6.92 Å². The number of hydrogen-bond donors (Lipinski definition) is 1. The molecule has 5 rings (SSSR count). The standard InChI is InChI=1S/C26H26N2O2S/c1-17-12-14-18(15-13-17)27-25(29)23-20-9-4-5-10-21(20)26(30)28(19-7-2-3-8-19)24(23)22-11-6-16-31-22/h4-6,9-16,19,23-24H,2-3,7-8H2,1H3,(H,27,29)/t23-,24+/m1/s1. The smallest absolute Gasteiger partial charge is 0.254 e. The highest BCUT2D eigenvalue weighted by atomic mass is 32.1. The van der Waals surface area contributed by atoms with Crippen LogP contribution >= 0.6 is 11.3 Å². The number of anilines is 1. The molecule has 0 unspecified atom stereocenters. The minimum atomic E-state index is -0.450. The van der Waals surface area contributed by atoms with Crippen molar-refractivity contribution in [3.63, 3.8) is 0 Å². The number of carbonyl (C=O) groups excluding carboxylic acids is 2. The molecule has 2 aliphatic rings. The third kappa shape index (κ3) is 3.68. The second kappa shape index (κ2) is 8.31. The van der Waals surface area contributed by atoms with Gasteiger partial charge >= 0.3 is 0 Å². The van der Waals surface area contributed by atoms with E-state index in [4.69, 9.17) is 0 Å². The molecule has 1 aliphatic heterocycles. The van der Waals surface area contributed by atoms with E-state index in [1.54, 1.807) is 11.3 Å². The zero-order valence-electron chi connectivity index (χ0n) is 17.6. The number of hydrogen-bond acceptors (Lipinski definition) is 3. The average Bonchev–Trinajstić information content (AvgIpc) is 3.49. The molecule has 5 heteroatoms. The van der Waals surface area contributed by atoms with Gasteiger partial charge in [0.1, 0.15) is 0 Å². The highest BCUT2D eigenvalue weighted by Gasteiger charge is 2.47. The molecule has 2 aromatic carbocycles. The summed E-state index contributed by atoms with van der Waals surface area (Å²) in [6.45, 7) is 2.03. The summed E-state index contributed by atoms with van der Waals surface area (Å²) >= 11 is 1.62. The van der Waals surface area contributed by atoms with E-state index in [0.29, 0.717) is 5.56 Å². The molecule has 2 amide bonds. The van der Waals surface area contributed by atoms with Crippen molar-refractivity contribution >= 4 is 28.8 Å². The van der Waals surface area contributed by atoms with Gasteiger partial charge in [-0.1, -0.05) is 54.8 Å². The van der Waals surface area contributed by atoms with Crippen LogP contribution in [0.4, 0.5) is 5.69 Å². The number of benzene rings is 2. The Kier molecular flexibility index (Phi) is 5.36. The maximum absolute atomic E-state index is 13.7. The normalized spacial score (nSPS) is 21.2. The van der Waals surface area contributed by atoms with Gasteiger partial charge in [-0.25, -0.2) is 0 Å². The second-order valence-electron chi connectivity index (χ2n) is 8.53. The lowest BCUT2D eigenvalue weighted by molar-refractivity contribution is -0.119. The summed E-state index contributed by atoms with van der Waals surface area (Å²) in [4.78, 5) is 30.5. The highest BCUT2D eigenvalue weighted by Crippen LogP contribution is 2.47. The number of amides is 2. The minimum Gasteiger partial charge on any atom is -0.327 e. The Morgan fingerprint density at radius 1 is 1.00 bits per heavy atom. The minimum absolute atomic E-state index is 0.0558. The van der Waals surface area contributed by atoms with Gasteiger partial charge < -0.3 is 10.2 Å². The summed E-state index contributed by atoms with van der Waals surface area (Å²) in [6.07, 6.45) is 4.27. The molecule has 0 radical (unpaired) electrons. The Balaban J connectivity index is 1.61. The molecule has 1 saturated carbocycles. The first-order chi connectivity index (χ1) is 15.1. The van der Waals surface area contributed by atoms with Crippen molar-refractivity contribution < 1.29 is 9.59 Å². The van der Waals surface area contributed by atoms with Gasteiger partial charge in [-0.2, -0.15) is 0 Å². The summed E-state index contributed by atoms with van der Waals surface area (Å²) in [7, 11) is 0. The lowest BCUT2D eigenvalue weighted by Crippen LogP contribution is -2.49. The van der Waals surface area contributed by atoms with Crippen molar-refractivity contribution in [3.05, 3.63) is 87.6 Å². The third-order valence-electron chi connectivity index (χ3n) is 6.53. The Morgan fingerprint density at radius 2 is 1.74 bits per heavy atom. The molecule has 4 nitrogen and oxygen atoms in total. The van der Waals surface area contributed by atoms with Crippen molar-refractivity contribution in [1.82, 2.24) is 4.90 Å². The molecule has 158 valence electrons. The van der Waals surface area contributed by atoms with Crippen molar-refractivity contribution in [1.29, 1.82) is 0 Å². The lowest BCUT2D eigenvalue weighted by atomic mass is 9.80. The zero-order valence-corrected chi connectivity index (χ0v) is 18.4. The molecule has 0 saturated heterocycles. The van der Waals surface area contributed by atoms with Crippen LogP contribution in [0.2, 0.25) is 0 Å². The van der Waals surface area contributed by atoms with Crippen molar-refractivity contribution in [3.8, 4) is 0 Å². The summed E-state index contributed by atoms with van der Waals surface area (Å²) in [5.41, 5.74) is 3.41. The predicted molar refractivity (Wildman–Crippen MR) is 124 cm³/mol. The van der Waals surface area contributed by atoms with E-state index in [1.165, 1.54) is 0 Å². The van der Waals surface area contributed by atoms with Gasteiger partial charge in [-0.3, -0.25) is 9.59 Å². The Hall–Kier alpha value is -2.92. The van der Waals surface area contributed by atoms with Crippen molar-refractivity contribution in [2.75, 3.05) is 5.32 Å². The van der Waals surface area contributed by atoms with Crippen LogP contribution in [0.15, 0.2) is 66.0 Å². The number of aryl methyl sites for hydroxylation is 1. The summed E-state index contributed by atoms with van der Waals surface area (Å²) in [6, 6.07) is 19.5. The maximum atomic E-state index is 13.7. The zero-order chi connectivity index (χ0) is 21.4. The first-order valence-corrected chi connectivity index (χ1v) is 11.8. The van der Waals surface area contributed by atoms with E-state index in [9.17, 15) is 9.59 Å². The van der Waals surface area contributed by atoms with Crippen LogP contribution in [0.3, 0.4) is 0 Å². The monoisotopic (exact) mass is 430 g/mol. The fourth-order valence-corrected chi connectivity index (χ4v) is 5.90. The van der Waals surface area contributed by atoms with E-state index in [-0.39, 0.29) is 23.9 Å². The van der Waals surface area contributed by atoms with Gasteiger partial charge in [0.2, 0.25) is 5.91 Å². The van der Waals surface area contributed by atoms with E-state index in [1.807, 2.05) is 71.8 Å². The van der Waals surface area contributed by atoms with Crippen molar-refractivity contribution in [2.24, 2.45) is 0 Å². The molecule has 2 heterocycles. The van der Waals surface area contributed by atoms with Crippen molar-refractivity contribution in [2.45, 2.75) is 50.6 Å². The van der Waals surface area contributed by atoms with E-state index >= 15 is 0 Å². The number of thiophene rings is 1. The fraction of sp³-hybridized carbons (Fsp3) is 0.308. The van der Waals surface area contributed by atoms with E-state index < -0.39 is 5.92 Å². The maximum Gasteiger partial charge on any atom is 0.254 e. The molecular weight excluding hydrogens is 404 g/mol. The SMILES string of the molecule is Cc1ccc(NC(=O)[C@@H]2c3ccccc3C(=O)N(C3CCCC3)[C@H]2c2cccs2)cc1. The molecule has 1 aliphatic carbocycles. The largest absolute Gasteiger partial charge is 0.327 e. The molecule has 3 aromatic rings. The number of carbonyl (C=O) groups is 2. The average molecular weight is 431 g/mol. The molecule has 1 fully saturated rings. The van der Waals surface area contributed by atoms with Gasteiger partial charge in [0.15, 0.2) is 0 Å². The van der Waals surface area contributed by atoms with Gasteiger partial charge in [-0.15, -0.1) is 11.3 Å². The molecule has 31 heavy (non-hydrogen) atoms. The quantitative estimate of drug-likeness (QED) is 0.559. The fourth-order valence-electron chi connectivity index (χ4n) is 5.04. The lowest BCUT2D eigenvalue weighted by Gasteiger charge is -2.44. The van der Waals surface area contributed by atoms with Crippen LogP contribution in [0.25, 0.3) is 0 Å². The number of nitrogens with one attached hydrogen (secondary N) is 1. The Morgan fingerprint density at radius 3 is 2.45 bits per heavy atom. The Labute approximate surface area is 186 Å². The van der Waals surface area contributed by atoms with E-state index in [0.717, 1.165) is 47.4 Å². The number of rotatable bonds is 4. The van der Waals surface area contributed by atoms with Gasteiger partial charge in [-0.05, 0) is 55.0 Å². The third-order valence-corrected chi connectivity index (χ3v) is 7.47. The molecule has 2 atom stereocenters. The highest BCUT2D eigenvalue weighted by molar-refractivity contribution is 7.10. The van der Waals surface area contributed by atoms with Crippen LogP contribution in [0.1, 0.15) is 64.0 Å². The number of fused-ring (bicyclic) bond motifs is 1. The first kappa shape index (κ1) is 20.0. The second-order valence-corrected chi connectivity index (χ2v) is 9.51. The number of nitrogens with zero attached hydrogens (tertiary/aromatic N) is 1. The summed E-state index contributed by atoms with van der Waals surface area (Å²) in [5, 5.41) is 5.16. The predicted octanol–water partition coefficient (Wildman–Crippen LogP) is 5.92. The molecular formula is C26H26N2O2S. The van der Waals surface area contributed by atoms with E-state index in [2.05, 4.69) is 11.4 Å².